The van der Waals surface area contributed by atoms with E-state index in [9.17, 15) is 54.2 Å². The molecule has 0 saturated heterocycles. The number of nitrogens with zero attached hydrogens (tertiary/aromatic N) is 6. The molecule has 298 valence electrons. The SMILES string of the molecule is Cc1cc(-c2ccc(N=Nc3c(S(=O)(=O)O)cc4cc(S(=O)(=O)O)c(N=Nc5ccc(S(=O)(=O)O)cc5)c(O)c4c3N)c(C)c2)ccc1N=Nc1ccc(O)cc1O. The normalized spacial score (nSPS) is 12.7. The van der Waals surface area contributed by atoms with Crippen molar-refractivity contribution in [3.05, 3.63) is 102 Å². The van der Waals surface area contributed by atoms with Crippen molar-refractivity contribution < 1.29 is 54.2 Å². The van der Waals surface area contributed by atoms with Gasteiger partial charge in [-0.25, -0.2) is 0 Å². The van der Waals surface area contributed by atoms with Gasteiger partial charge in [0.25, 0.3) is 30.4 Å². The molecule has 58 heavy (non-hydrogen) atoms. The van der Waals surface area contributed by atoms with Crippen LogP contribution in [0, 0.1) is 13.8 Å². The zero-order chi connectivity index (χ0) is 42.3. The summed E-state index contributed by atoms with van der Waals surface area (Å²) in [5.41, 5.74) is 7.91. The minimum atomic E-state index is -5.19. The molecule has 6 rings (SSSR count). The van der Waals surface area contributed by atoms with Crippen LogP contribution >= 0.6 is 0 Å². The Morgan fingerprint density at radius 2 is 1.00 bits per heavy atom. The van der Waals surface area contributed by atoms with Crippen LogP contribution in [0.5, 0.6) is 17.2 Å². The smallest absolute Gasteiger partial charge is 0.296 e. The van der Waals surface area contributed by atoms with Gasteiger partial charge < -0.3 is 21.1 Å². The maximum atomic E-state index is 12.5. The Balaban J connectivity index is 1.37. The summed E-state index contributed by atoms with van der Waals surface area (Å²) < 4.78 is 102. The first kappa shape index (κ1) is 41.0. The van der Waals surface area contributed by atoms with E-state index < -0.39 is 73.2 Å². The molecule has 0 saturated carbocycles. The molecule has 0 amide bonds. The van der Waals surface area contributed by atoms with Gasteiger partial charge in [0.15, 0.2) is 5.75 Å². The number of nitrogen functional groups attached to an aromatic ring is 1. The second-order valence-electron chi connectivity index (χ2n) is 12.5. The number of nitrogens with two attached hydrogens (primary N) is 1. The molecule has 0 aliphatic carbocycles. The fourth-order valence-corrected chi connectivity index (χ4v) is 7.41. The summed E-state index contributed by atoms with van der Waals surface area (Å²) in [6.45, 7) is 3.51. The summed E-state index contributed by atoms with van der Waals surface area (Å²) in [6, 6.07) is 19.9. The number of hydrogen-bond acceptors (Lipinski definition) is 16. The lowest BCUT2D eigenvalue weighted by molar-refractivity contribution is 0.451. The average Bonchev–Trinajstić information content (AvgIpc) is 3.13. The molecular weight excluding hydrogens is 819 g/mol. The van der Waals surface area contributed by atoms with Crippen molar-refractivity contribution in [2.45, 2.75) is 28.5 Å². The lowest BCUT2D eigenvalue weighted by Crippen LogP contribution is -2.03. The molecule has 0 aliphatic heterocycles. The van der Waals surface area contributed by atoms with Crippen molar-refractivity contribution in [1.29, 1.82) is 0 Å². The number of benzene rings is 6. The summed E-state index contributed by atoms with van der Waals surface area (Å²) >= 11 is 0. The van der Waals surface area contributed by atoms with Gasteiger partial charge in [-0.2, -0.15) is 40.6 Å². The van der Waals surface area contributed by atoms with Crippen LogP contribution < -0.4 is 5.73 Å². The number of anilines is 1. The zero-order valence-corrected chi connectivity index (χ0v) is 32.2. The van der Waals surface area contributed by atoms with E-state index in [0.29, 0.717) is 11.3 Å². The number of rotatable bonds is 10. The second-order valence-corrected chi connectivity index (χ2v) is 16.7. The molecular formula is C36H29N7O12S3. The van der Waals surface area contributed by atoms with Gasteiger partial charge in [-0.3, -0.25) is 13.7 Å². The lowest BCUT2D eigenvalue weighted by Gasteiger charge is -2.14. The molecule has 0 fully saturated rings. The third-order valence-electron chi connectivity index (χ3n) is 8.48. The van der Waals surface area contributed by atoms with Crippen LogP contribution in [-0.2, 0) is 30.4 Å². The van der Waals surface area contributed by atoms with Gasteiger partial charge in [0.1, 0.15) is 38.4 Å². The van der Waals surface area contributed by atoms with Crippen molar-refractivity contribution in [3.63, 3.8) is 0 Å². The Morgan fingerprint density at radius 1 is 0.517 bits per heavy atom. The molecule has 0 aliphatic rings. The molecule has 6 aromatic rings. The number of azo groups is 3. The molecule has 8 N–H and O–H groups in total. The topological polar surface area (TPSA) is 324 Å². The van der Waals surface area contributed by atoms with E-state index in [2.05, 4.69) is 30.7 Å². The van der Waals surface area contributed by atoms with Gasteiger partial charge in [0, 0.05) is 6.07 Å². The number of fused-ring (bicyclic) bond motifs is 1. The van der Waals surface area contributed by atoms with Gasteiger partial charge in [0.05, 0.1) is 33.0 Å². The van der Waals surface area contributed by atoms with Crippen LogP contribution in [0.4, 0.5) is 39.8 Å². The van der Waals surface area contributed by atoms with E-state index in [0.717, 1.165) is 59.2 Å². The van der Waals surface area contributed by atoms with Crippen molar-refractivity contribution in [3.8, 4) is 28.4 Å². The summed E-state index contributed by atoms with van der Waals surface area (Å²) in [7, 11) is -14.9. The van der Waals surface area contributed by atoms with Gasteiger partial charge >= 0.3 is 0 Å². The molecule has 22 heteroatoms. The van der Waals surface area contributed by atoms with Gasteiger partial charge in [0.2, 0.25) is 0 Å². The van der Waals surface area contributed by atoms with Crippen LogP contribution in [0.25, 0.3) is 21.9 Å². The third-order valence-corrected chi connectivity index (χ3v) is 11.1. The quantitative estimate of drug-likeness (QED) is 0.0385. The Bertz CT molecular complexity index is 3100. The van der Waals surface area contributed by atoms with E-state index in [1.165, 1.54) is 12.1 Å². The van der Waals surface area contributed by atoms with Crippen molar-refractivity contribution in [1.82, 2.24) is 0 Å². The standard InChI is InChI=1S/C36H29N7O12S3/c1-18-13-20(3-10-26(18)39-41-28-12-7-24(44)17-29(28)45)21-4-11-27(19(2)14-21)40-42-34-30(57(50,51)52)15-22-16-31(58(53,54)55)35(36(46)32(22)33(34)37)43-38-23-5-8-25(9-6-23)56(47,48)49/h3-17,44-46H,37H2,1-2H3,(H,47,48,49)(H,50,51,52)(H,53,54,55). The lowest BCUT2D eigenvalue weighted by atomic mass is 10.0. The first-order valence-corrected chi connectivity index (χ1v) is 20.6. The number of hydrogen-bond donors (Lipinski definition) is 7. The number of aromatic hydroxyl groups is 3. The van der Waals surface area contributed by atoms with Crippen LogP contribution in [0.15, 0.2) is 136 Å². The molecule has 0 atom stereocenters. The minimum Gasteiger partial charge on any atom is -0.508 e. The maximum absolute atomic E-state index is 12.5. The van der Waals surface area contributed by atoms with Gasteiger partial charge in [-0.15, -0.1) is 15.3 Å². The first-order valence-electron chi connectivity index (χ1n) is 16.3. The van der Waals surface area contributed by atoms with Gasteiger partial charge in [-0.05, 0) is 114 Å². The third kappa shape index (κ3) is 8.66. The fourth-order valence-electron chi connectivity index (χ4n) is 5.60. The highest BCUT2D eigenvalue weighted by atomic mass is 32.2. The highest BCUT2D eigenvalue weighted by Crippen LogP contribution is 2.48. The monoisotopic (exact) mass is 847 g/mol. The van der Waals surface area contributed by atoms with E-state index >= 15 is 0 Å². The number of aryl methyl sites for hydroxylation is 2. The first-order chi connectivity index (χ1) is 27.1. The summed E-state index contributed by atoms with van der Waals surface area (Å²) in [4.78, 5) is -2.44. The second kappa shape index (κ2) is 15.3. The van der Waals surface area contributed by atoms with Crippen molar-refractivity contribution in [2.24, 2.45) is 30.7 Å². The Hall–Kier alpha value is -6.69. The summed E-state index contributed by atoms with van der Waals surface area (Å²) in [5.74, 6) is -1.36. The predicted octanol–water partition coefficient (Wildman–Crippen LogP) is 8.81. The van der Waals surface area contributed by atoms with E-state index in [1.54, 1.807) is 37.3 Å². The molecule has 0 radical (unpaired) electrons. The van der Waals surface area contributed by atoms with Crippen LogP contribution in [0.1, 0.15) is 11.1 Å². The van der Waals surface area contributed by atoms with Crippen LogP contribution in [-0.4, -0.2) is 54.2 Å². The predicted molar refractivity (Wildman–Crippen MR) is 210 cm³/mol. The van der Waals surface area contributed by atoms with E-state index in [1.807, 2.05) is 13.0 Å². The minimum absolute atomic E-state index is 0.0822. The zero-order valence-electron chi connectivity index (χ0n) is 29.8. The maximum Gasteiger partial charge on any atom is 0.296 e. The molecule has 6 aromatic carbocycles. The van der Waals surface area contributed by atoms with E-state index in [4.69, 9.17) is 5.73 Å². The van der Waals surface area contributed by atoms with Crippen molar-refractivity contribution >= 4 is 80.9 Å². The average molecular weight is 848 g/mol. The Morgan fingerprint density at radius 3 is 1.50 bits per heavy atom. The summed E-state index contributed by atoms with van der Waals surface area (Å²) in [6.07, 6.45) is 0. The Labute approximate surface area is 329 Å². The fraction of sp³-hybridized carbons (Fsp3) is 0.0556. The molecule has 0 unspecified atom stereocenters. The largest absolute Gasteiger partial charge is 0.508 e. The van der Waals surface area contributed by atoms with E-state index in [-0.39, 0.29) is 33.9 Å². The van der Waals surface area contributed by atoms with Crippen LogP contribution in [0.2, 0.25) is 0 Å². The number of phenolic OH excluding ortho intramolecular Hbond substituents is 3. The molecule has 19 nitrogen and oxygen atoms in total. The van der Waals surface area contributed by atoms with Gasteiger partial charge in [-0.1, -0.05) is 12.1 Å². The van der Waals surface area contributed by atoms with Crippen molar-refractivity contribution in [2.75, 3.05) is 5.73 Å². The summed E-state index contributed by atoms with van der Waals surface area (Å²) in [5, 5.41) is 53.9. The highest BCUT2D eigenvalue weighted by Gasteiger charge is 2.28. The molecule has 0 heterocycles. The van der Waals surface area contributed by atoms with Crippen LogP contribution in [0.3, 0.4) is 0 Å². The molecule has 0 spiro atoms. The highest BCUT2D eigenvalue weighted by molar-refractivity contribution is 7.86. The molecule has 0 bridgehead atoms. The molecule has 0 aromatic heterocycles. The number of phenols is 3. The Kier molecular flexibility index (Phi) is 10.8.